The molecule has 0 heterocycles. The van der Waals surface area contributed by atoms with E-state index in [0.29, 0.717) is 5.56 Å². The van der Waals surface area contributed by atoms with Crippen LogP contribution in [0.2, 0.25) is 0 Å². The number of nitrogens with one attached hydrogen (secondary N) is 2. The molecule has 3 aromatic rings. The Morgan fingerprint density at radius 3 is 1.91 bits per heavy atom. The van der Waals surface area contributed by atoms with E-state index in [-0.39, 0.29) is 18.4 Å². The van der Waals surface area contributed by atoms with Crippen molar-refractivity contribution in [1.82, 2.24) is 10.6 Å². The Morgan fingerprint density at radius 1 is 0.829 bits per heavy atom. The summed E-state index contributed by atoms with van der Waals surface area (Å²) in [4.78, 5) is 37.4. The van der Waals surface area contributed by atoms with Crippen LogP contribution in [-0.4, -0.2) is 35.7 Å². The molecule has 4 rings (SSSR count). The topological polar surface area (TPSA) is 105 Å². The maximum absolute atomic E-state index is 13.0. The minimum absolute atomic E-state index is 0.103. The van der Waals surface area contributed by atoms with Gasteiger partial charge in [-0.3, -0.25) is 4.79 Å². The van der Waals surface area contributed by atoms with Gasteiger partial charge in [0.2, 0.25) is 5.91 Å². The van der Waals surface area contributed by atoms with Crippen LogP contribution in [0.25, 0.3) is 11.1 Å². The predicted molar refractivity (Wildman–Crippen MR) is 132 cm³/mol. The zero-order valence-corrected chi connectivity index (χ0v) is 19.6. The van der Waals surface area contributed by atoms with Gasteiger partial charge in [-0.2, -0.15) is 0 Å². The number of carbonyl (C=O) groups is 3. The Labute approximate surface area is 204 Å². The van der Waals surface area contributed by atoms with Crippen LogP contribution >= 0.6 is 0 Å². The number of carboxylic acid groups (broad SMARTS) is 1. The molecule has 35 heavy (non-hydrogen) atoms. The lowest BCUT2D eigenvalue weighted by molar-refractivity contribution is -0.142. The van der Waals surface area contributed by atoms with Crippen molar-refractivity contribution in [1.29, 1.82) is 0 Å². The van der Waals surface area contributed by atoms with E-state index < -0.39 is 30.1 Å². The monoisotopic (exact) mass is 472 g/mol. The molecule has 1 aliphatic rings. The van der Waals surface area contributed by atoms with Gasteiger partial charge in [-0.25, -0.2) is 9.59 Å². The largest absolute Gasteiger partial charge is 0.479 e. The third kappa shape index (κ3) is 5.19. The maximum atomic E-state index is 13.0. The molecule has 1 aliphatic carbocycles. The Kier molecular flexibility index (Phi) is 7.15. The van der Waals surface area contributed by atoms with Gasteiger partial charge in [-0.15, -0.1) is 0 Å². The summed E-state index contributed by atoms with van der Waals surface area (Å²) in [6.07, 6.45) is -0.729. The fourth-order valence-corrected chi connectivity index (χ4v) is 4.47. The summed E-state index contributed by atoms with van der Waals surface area (Å²) >= 11 is 0. The lowest BCUT2D eigenvalue weighted by atomic mass is 9.98. The molecule has 0 fully saturated rings. The van der Waals surface area contributed by atoms with Crippen LogP contribution in [0.3, 0.4) is 0 Å². The predicted octanol–water partition coefficient (Wildman–Crippen LogP) is 4.49. The van der Waals surface area contributed by atoms with Crippen molar-refractivity contribution < 1.29 is 24.2 Å². The van der Waals surface area contributed by atoms with Crippen molar-refractivity contribution in [2.24, 2.45) is 5.92 Å². The lowest BCUT2D eigenvalue weighted by Gasteiger charge is -2.24. The Balaban J connectivity index is 1.42. The lowest BCUT2D eigenvalue weighted by Crippen LogP contribution is -2.51. The van der Waals surface area contributed by atoms with Crippen LogP contribution in [0.4, 0.5) is 4.79 Å². The molecular weight excluding hydrogens is 444 g/mol. The third-order valence-corrected chi connectivity index (χ3v) is 6.23. The normalized spacial score (nSPS) is 13.9. The molecular formula is C28H28N2O5. The maximum Gasteiger partial charge on any atom is 0.407 e. The molecule has 0 saturated carbocycles. The Morgan fingerprint density at radius 2 is 1.37 bits per heavy atom. The average molecular weight is 473 g/mol. The zero-order valence-electron chi connectivity index (χ0n) is 19.6. The second kappa shape index (κ2) is 10.4. The molecule has 7 nitrogen and oxygen atoms in total. The highest BCUT2D eigenvalue weighted by Gasteiger charge is 2.32. The number of aliphatic carboxylic acids is 1. The summed E-state index contributed by atoms with van der Waals surface area (Å²) in [7, 11) is 0. The van der Waals surface area contributed by atoms with Crippen molar-refractivity contribution in [3.05, 3.63) is 95.6 Å². The highest BCUT2D eigenvalue weighted by molar-refractivity contribution is 5.90. The summed E-state index contributed by atoms with van der Waals surface area (Å²) in [5, 5.41) is 14.8. The Bertz CT molecular complexity index is 1180. The number of hydrogen-bond donors (Lipinski definition) is 3. The second-order valence-corrected chi connectivity index (χ2v) is 8.88. The molecule has 1 unspecified atom stereocenters. The van der Waals surface area contributed by atoms with Crippen molar-refractivity contribution in [2.75, 3.05) is 6.61 Å². The van der Waals surface area contributed by atoms with E-state index >= 15 is 0 Å². The molecule has 0 bridgehead atoms. The first-order valence-electron chi connectivity index (χ1n) is 11.6. The number of amides is 2. The van der Waals surface area contributed by atoms with Crippen LogP contribution in [0.5, 0.6) is 0 Å². The highest BCUT2D eigenvalue weighted by atomic mass is 16.5. The first-order chi connectivity index (χ1) is 16.9. The third-order valence-electron chi connectivity index (χ3n) is 6.23. The fraction of sp³-hybridized carbons (Fsp3) is 0.250. The van der Waals surface area contributed by atoms with E-state index in [4.69, 9.17) is 4.74 Å². The number of hydrogen-bond acceptors (Lipinski definition) is 4. The molecule has 2 atom stereocenters. The van der Waals surface area contributed by atoms with Crippen LogP contribution < -0.4 is 10.6 Å². The summed E-state index contributed by atoms with van der Waals surface area (Å²) in [6, 6.07) is 22.3. The van der Waals surface area contributed by atoms with Gasteiger partial charge < -0.3 is 20.5 Å². The molecule has 0 aromatic heterocycles. The van der Waals surface area contributed by atoms with Crippen LogP contribution in [-0.2, 0) is 14.3 Å². The summed E-state index contributed by atoms with van der Waals surface area (Å²) in [6.45, 7) is 3.66. The van der Waals surface area contributed by atoms with Crippen molar-refractivity contribution in [3.63, 3.8) is 0 Å². The first kappa shape index (κ1) is 24.0. The SMILES string of the molecule is CC(C)C(NC(=O)OCC1c2ccccc2-c2ccccc21)C(=O)N[C@H](C(=O)O)c1ccccc1. The summed E-state index contributed by atoms with van der Waals surface area (Å²) < 4.78 is 5.56. The van der Waals surface area contributed by atoms with Gasteiger partial charge >= 0.3 is 12.1 Å². The second-order valence-electron chi connectivity index (χ2n) is 8.88. The van der Waals surface area contributed by atoms with E-state index in [0.717, 1.165) is 22.3 Å². The van der Waals surface area contributed by atoms with Gasteiger partial charge in [-0.05, 0) is 33.7 Å². The van der Waals surface area contributed by atoms with Crippen molar-refractivity contribution in [3.8, 4) is 11.1 Å². The summed E-state index contributed by atoms with van der Waals surface area (Å²) in [5.74, 6) is -2.17. The van der Waals surface area contributed by atoms with Gasteiger partial charge in [0.15, 0.2) is 6.04 Å². The minimum Gasteiger partial charge on any atom is -0.479 e. The smallest absolute Gasteiger partial charge is 0.407 e. The van der Waals surface area contributed by atoms with E-state index in [1.54, 1.807) is 44.2 Å². The molecule has 3 N–H and O–H groups in total. The number of ether oxygens (including phenoxy) is 1. The molecule has 2 amide bonds. The summed E-state index contributed by atoms with van der Waals surface area (Å²) in [5.41, 5.74) is 4.87. The van der Waals surface area contributed by atoms with E-state index in [2.05, 4.69) is 22.8 Å². The van der Waals surface area contributed by atoms with Crippen molar-refractivity contribution in [2.45, 2.75) is 31.8 Å². The standard InChI is InChI=1S/C28H28N2O5/c1-17(2)24(26(31)29-25(27(32)33)18-10-4-3-5-11-18)30-28(34)35-16-23-21-14-8-6-12-19(21)20-13-7-9-15-22(20)23/h3-15,17,23-25H,16H2,1-2H3,(H,29,31)(H,30,34)(H,32,33)/t24?,25-/m0/s1. The van der Waals surface area contributed by atoms with E-state index in [1.165, 1.54) is 0 Å². The zero-order chi connectivity index (χ0) is 24.9. The van der Waals surface area contributed by atoms with Gasteiger partial charge in [-0.1, -0.05) is 92.7 Å². The fourth-order valence-electron chi connectivity index (χ4n) is 4.47. The van der Waals surface area contributed by atoms with E-state index in [9.17, 15) is 19.5 Å². The van der Waals surface area contributed by atoms with Crippen LogP contribution in [0.1, 0.15) is 42.5 Å². The molecule has 7 heteroatoms. The van der Waals surface area contributed by atoms with Crippen molar-refractivity contribution >= 4 is 18.0 Å². The first-order valence-corrected chi connectivity index (χ1v) is 11.6. The number of fused-ring (bicyclic) bond motifs is 3. The molecule has 3 aromatic carbocycles. The Hall–Kier alpha value is -4.13. The van der Waals surface area contributed by atoms with Gasteiger partial charge in [0.1, 0.15) is 12.6 Å². The average Bonchev–Trinajstić information content (AvgIpc) is 3.18. The van der Waals surface area contributed by atoms with Gasteiger partial charge in [0, 0.05) is 5.92 Å². The molecule has 0 radical (unpaired) electrons. The number of benzene rings is 3. The van der Waals surface area contributed by atoms with Crippen LogP contribution in [0, 0.1) is 5.92 Å². The molecule has 0 spiro atoms. The van der Waals surface area contributed by atoms with Crippen LogP contribution in [0.15, 0.2) is 78.9 Å². The quantitative estimate of drug-likeness (QED) is 0.448. The number of carboxylic acids is 1. The minimum atomic E-state index is -1.23. The highest BCUT2D eigenvalue weighted by Crippen LogP contribution is 2.44. The number of carbonyl (C=O) groups excluding carboxylic acids is 2. The van der Waals surface area contributed by atoms with Gasteiger partial charge in [0.25, 0.3) is 0 Å². The van der Waals surface area contributed by atoms with E-state index in [1.807, 2.05) is 36.4 Å². The number of rotatable bonds is 8. The van der Waals surface area contributed by atoms with Gasteiger partial charge in [0.05, 0.1) is 0 Å². The molecule has 180 valence electrons. The molecule has 0 aliphatic heterocycles. The molecule has 0 saturated heterocycles. The number of alkyl carbamates (subject to hydrolysis) is 1.